The van der Waals surface area contributed by atoms with Crippen LogP contribution in [0.2, 0.25) is 0 Å². The van der Waals surface area contributed by atoms with Gasteiger partial charge in [-0.2, -0.15) is 0 Å². The van der Waals surface area contributed by atoms with Crippen LogP contribution in [-0.2, 0) is 4.74 Å². The molecule has 18 heavy (non-hydrogen) atoms. The van der Waals surface area contributed by atoms with E-state index >= 15 is 0 Å². The number of methoxy groups -OCH3 is 1. The van der Waals surface area contributed by atoms with Crippen LogP contribution in [0, 0.1) is 6.92 Å². The van der Waals surface area contributed by atoms with E-state index in [9.17, 15) is 9.90 Å². The summed E-state index contributed by atoms with van der Waals surface area (Å²) in [4.78, 5) is 11.9. The van der Waals surface area contributed by atoms with Gasteiger partial charge in [0, 0.05) is 32.2 Å². The maximum Gasteiger partial charge on any atom is 0.251 e. The Morgan fingerprint density at radius 3 is 2.83 bits per heavy atom. The SMILES string of the molecule is COCCC(C)(O)CNC(=O)c1cccc(C)c1. The number of carbonyl (C=O) groups excluding carboxylic acids is 1. The summed E-state index contributed by atoms with van der Waals surface area (Å²) in [5.41, 5.74) is 0.696. The first kappa shape index (κ1) is 14.7. The topological polar surface area (TPSA) is 58.6 Å². The fraction of sp³-hybridized carbons (Fsp3) is 0.500. The van der Waals surface area contributed by atoms with E-state index in [1.165, 1.54) is 0 Å². The minimum atomic E-state index is -0.949. The molecule has 1 atom stereocenters. The van der Waals surface area contributed by atoms with Crippen LogP contribution in [0.1, 0.15) is 29.3 Å². The normalized spacial score (nSPS) is 14.0. The van der Waals surface area contributed by atoms with Gasteiger partial charge in [0.15, 0.2) is 0 Å². The molecule has 1 amide bonds. The molecule has 0 saturated carbocycles. The van der Waals surface area contributed by atoms with Crippen molar-refractivity contribution in [3.05, 3.63) is 35.4 Å². The van der Waals surface area contributed by atoms with Crippen molar-refractivity contribution in [2.45, 2.75) is 25.9 Å². The standard InChI is InChI=1S/C14H21NO3/c1-11-5-4-6-12(9-11)13(16)15-10-14(2,17)7-8-18-3/h4-6,9,17H,7-8,10H2,1-3H3,(H,15,16). The molecule has 0 spiro atoms. The molecule has 2 N–H and O–H groups in total. The van der Waals surface area contributed by atoms with Crippen LogP contribution in [0.4, 0.5) is 0 Å². The van der Waals surface area contributed by atoms with E-state index in [4.69, 9.17) is 4.74 Å². The Morgan fingerprint density at radius 1 is 1.50 bits per heavy atom. The number of hydrogen-bond donors (Lipinski definition) is 2. The van der Waals surface area contributed by atoms with Gasteiger partial charge in [-0.3, -0.25) is 4.79 Å². The Balaban J connectivity index is 2.50. The van der Waals surface area contributed by atoms with Crippen LogP contribution in [0.15, 0.2) is 24.3 Å². The van der Waals surface area contributed by atoms with Gasteiger partial charge in [-0.25, -0.2) is 0 Å². The second kappa shape index (κ2) is 6.52. The summed E-state index contributed by atoms with van der Waals surface area (Å²) in [7, 11) is 1.58. The van der Waals surface area contributed by atoms with E-state index in [1.54, 1.807) is 20.1 Å². The van der Waals surface area contributed by atoms with Gasteiger partial charge in [-0.15, -0.1) is 0 Å². The van der Waals surface area contributed by atoms with E-state index in [1.807, 2.05) is 25.1 Å². The van der Waals surface area contributed by atoms with Crippen LogP contribution in [0.5, 0.6) is 0 Å². The van der Waals surface area contributed by atoms with Gasteiger partial charge in [0.05, 0.1) is 5.60 Å². The summed E-state index contributed by atoms with van der Waals surface area (Å²) in [6.07, 6.45) is 0.484. The predicted molar refractivity (Wildman–Crippen MR) is 70.6 cm³/mol. The summed E-state index contributed by atoms with van der Waals surface area (Å²) in [5, 5.41) is 12.7. The number of amides is 1. The van der Waals surface area contributed by atoms with Crippen LogP contribution in [0.25, 0.3) is 0 Å². The molecule has 1 aromatic carbocycles. The lowest BCUT2D eigenvalue weighted by molar-refractivity contribution is 0.0243. The minimum Gasteiger partial charge on any atom is -0.388 e. The quantitative estimate of drug-likeness (QED) is 0.805. The minimum absolute atomic E-state index is 0.170. The summed E-state index contributed by atoms with van der Waals surface area (Å²) in [6, 6.07) is 7.35. The number of nitrogens with one attached hydrogen (secondary N) is 1. The number of aliphatic hydroxyl groups is 1. The first-order valence-electron chi connectivity index (χ1n) is 6.01. The number of aryl methyl sites for hydroxylation is 1. The fourth-order valence-corrected chi connectivity index (χ4v) is 1.57. The highest BCUT2D eigenvalue weighted by atomic mass is 16.5. The average molecular weight is 251 g/mol. The van der Waals surface area contributed by atoms with Gasteiger partial charge in [0.1, 0.15) is 0 Å². The van der Waals surface area contributed by atoms with Crippen molar-refractivity contribution in [1.82, 2.24) is 5.32 Å². The number of hydrogen-bond acceptors (Lipinski definition) is 3. The zero-order valence-electron chi connectivity index (χ0n) is 11.2. The molecule has 0 fully saturated rings. The molecule has 0 heterocycles. The Kier molecular flexibility index (Phi) is 5.31. The molecule has 0 bridgehead atoms. The monoisotopic (exact) mass is 251 g/mol. The first-order valence-corrected chi connectivity index (χ1v) is 6.01. The van der Waals surface area contributed by atoms with Gasteiger partial charge >= 0.3 is 0 Å². The molecule has 0 radical (unpaired) electrons. The number of carbonyl (C=O) groups is 1. The van der Waals surface area contributed by atoms with Gasteiger partial charge in [-0.1, -0.05) is 17.7 Å². The van der Waals surface area contributed by atoms with E-state index < -0.39 is 5.60 Å². The van der Waals surface area contributed by atoms with E-state index in [0.29, 0.717) is 18.6 Å². The molecular weight excluding hydrogens is 230 g/mol. The zero-order chi connectivity index (χ0) is 13.6. The molecule has 0 aromatic heterocycles. The molecular formula is C14H21NO3. The Bertz CT molecular complexity index is 402. The van der Waals surface area contributed by atoms with Crippen molar-refractivity contribution in [1.29, 1.82) is 0 Å². The lowest BCUT2D eigenvalue weighted by Gasteiger charge is -2.23. The maximum absolute atomic E-state index is 11.9. The van der Waals surface area contributed by atoms with Crippen molar-refractivity contribution in [3.63, 3.8) is 0 Å². The first-order chi connectivity index (χ1) is 8.44. The lowest BCUT2D eigenvalue weighted by Crippen LogP contribution is -2.41. The fourth-order valence-electron chi connectivity index (χ4n) is 1.57. The highest BCUT2D eigenvalue weighted by Gasteiger charge is 2.21. The largest absolute Gasteiger partial charge is 0.388 e. The highest BCUT2D eigenvalue weighted by molar-refractivity contribution is 5.94. The van der Waals surface area contributed by atoms with Crippen molar-refractivity contribution in [2.24, 2.45) is 0 Å². The molecule has 4 heteroatoms. The van der Waals surface area contributed by atoms with Gasteiger partial charge in [-0.05, 0) is 26.0 Å². The van der Waals surface area contributed by atoms with Gasteiger partial charge in [0.25, 0.3) is 5.91 Å². The van der Waals surface area contributed by atoms with Gasteiger partial charge < -0.3 is 15.2 Å². The van der Waals surface area contributed by atoms with Crippen LogP contribution >= 0.6 is 0 Å². The zero-order valence-corrected chi connectivity index (χ0v) is 11.2. The second-order valence-corrected chi connectivity index (χ2v) is 4.79. The van der Waals surface area contributed by atoms with Crippen molar-refractivity contribution < 1.29 is 14.6 Å². The summed E-state index contributed by atoms with van der Waals surface area (Å²) in [5.74, 6) is -0.170. The predicted octanol–water partition coefficient (Wildman–Crippen LogP) is 1.51. The van der Waals surface area contributed by atoms with Crippen molar-refractivity contribution in [3.8, 4) is 0 Å². The number of ether oxygens (including phenoxy) is 1. The molecule has 100 valence electrons. The number of benzene rings is 1. The molecule has 1 aromatic rings. The average Bonchev–Trinajstić information content (AvgIpc) is 2.34. The molecule has 1 rings (SSSR count). The highest BCUT2D eigenvalue weighted by Crippen LogP contribution is 2.09. The molecule has 1 unspecified atom stereocenters. The van der Waals surface area contributed by atoms with Crippen LogP contribution < -0.4 is 5.32 Å². The summed E-state index contributed by atoms with van der Waals surface area (Å²) >= 11 is 0. The van der Waals surface area contributed by atoms with E-state index in [-0.39, 0.29) is 12.5 Å². The molecule has 0 saturated heterocycles. The van der Waals surface area contributed by atoms with E-state index in [2.05, 4.69) is 5.32 Å². The Hall–Kier alpha value is -1.39. The molecule has 0 aliphatic carbocycles. The lowest BCUT2D eigenvalue weighted by atomic mass is 10.0. The van der Waals surface area contributed by atoms with Crippen molar-refractivity contribution in [2.75, 3.05) is 20.3 Å². The smallest absolute Gasteiger partial charge is 0.251 e. The number of rotatable bonds is 6. The Morgan fingerprint density at radius 2 is 2.22 bits per heavy atom. The third-order valence-corrected chi connectivity index (χ3v) is 2.75. The summed E-state index contributed by atoms with van der Waals surface area (Å²) < 4.78 is 4.91. The summed E-state index contributed by atoms with van der Waals surface area (Å²) in [6.45, 7) is 4.30. The third-order valence-electron chi connectivity index (χ3n) is 2.75. The molecule has 4 nitrogen and oxygen atoms in total. The molecule has 0 aliphatic rings. The second-order valence-electron chi connectivity index (χ2n) is 4.79. The third kappa shape index (κ3) is 4.85. The van der Waals surface area contributed by atoms with Crippen LogP contribution in [-0.4, -0.2) is 36.9 Å². The van der Waals surface area contributed by atoms with Gasteiger partial charge in [0.2, 0.25) is 0 Å². The van der Waals surface area contributed by atoms with Crippen molar-refractivity contribution >= 4 is 5.91 Å². The van der Waals surface area contributed by atoms with E-state index in [0.717, 1.165) is 5.56 Å². The maximum atomic E-state index is 11.9. The Labute approximate surface area is 108 Å². The van der Waals surface area contributed by atoms with Crippen LogP contribution in [0.3, 0.4) is 0 Å². The molecule has 0 aliphatic heterocycles.